The van der Waals surface area contributed by atoms with Crippen molar-refractivity contribution in [1.82, 2.24) is 15.3 Å². The van der Waals surface area contributed by atoms with Gasteiger partial charge in [0.05, 0.1) is 11.3 Å². The van der Waals surface area contributed by atoms with Crippen molar-refractivity contribution in [2.24, 2.45) is 5.73 Å². The summed E-state index contributed by atoms with van der Waals surface area (Å²) in [6.07, 6.45) is 0.355. The number of primary amides is 1. The monoisotopic (exact) mass is 301 g/mol. The van der Waals surface area contributed by atoms with Crippen LogP contribution < -0.4 is 11.5 Å². The number of aromatic nitrogens is 3. The molecule has 0 aliphatic carbocycles. The molecule has 3 aromatic rings. The molecular weight excluding hydrogens is 289 g/mol. The number of fused-ring (bicyclic) bond motifs is 1. The molecular formula is C14H12FN5O2. The van der Waals surface area contributed by atoms with Crippen LogP contribution in [0.25, 0.3) is 11.2 Å². The van der Waals surface area contributed by atoms with Crippen LogP contribution in [0.5, 0.6) is 0 Å². The molecule has 0 spiro atoms. The summed E-state index contributed by atoms with van der Waals surface area (Å²) < 4.78 is 18.1. The summed E-state index contributed by atoms with van der Waals surface area (Å²) in [5.41, 5.74) is 14.2. The molecule has 3 rings (SSSR count). The van der Waals surface area contributed by atoms with Gasteiger partial charge in [0.25, 0.3) is 5.91 Å². The molecule has 0 saturated carbocycles. The molecule has 1 aromatic carbocycles. The molecule has 1 amide bonds. The van der Waals surface area contributed by atoms with Gasteiger partial charge in [0.1, 0.15) is 5.82 Å². The molecule has 7 nitrogen and oxygen atoms in total. The predicted molar refractivity (Wildman–Crippen MR) is 76.5 cm³/mol. The maximum atomic E-state index is 13.5. The highest BCUT2D eigenvalue weighted by Crippen LogP contribution is 2.26. The molecule has 0 saturated heterocycles. The fourth-order valence-electron chi connectivity index (χ4n) is 2.29. The Morgan fingerprint density at radius 2 is 2.14 bits per heavy atom. The highest BCUT2D eigenvalue weighted by Gasteiger charge is 2.16. The molecule has 0 radical (unpaired) electrons. The smallest absolute Gasteiger partial charge is 0.251 e. The fourth-order valence-corrected chi connectivity index (χ4v) is 2.29. The Hall–Kier alpha value is -3.03. The lowest BCUT2D eigenvalue weighted by Gasteiger charge is -2.09. The van der Waals surface area contributed by atoms with Crippen LogP contribution >= 0.6 is 0 Å². The first-order valence-corrected chi connectivity index (χ1v) is 6.43. The maximum absolute atomic E-state index is 13.5. The molecule has 0 unspecified atom stereocenters. The lowest BCUT2D eigenvalue weighted by atomic mass is 9.99. The predicted octanol–water partition coefficient (Wildman–Crippen LogP) is 1.34. The van der Waals surface area contributed by atoms with Gasteiger partial charge in [0.15, 0.2) is 5.52 Å². The van der Waals surface area contributed by atoms with Gasteiger partial charge in [-0.3, -0.25) is 4.79 Å². The number of nitrogen functional groups attached to an aromatic ring is 1. The largest absolute Gasteiger partial charge is 0.396 e. The van der Waals surface area contributed by atoms with Crippen molar-refractivity contribution in [3.63, 3.8) is 0 Å². The van der Waals surface area contributed by atoms with Gasteiger partial charge in [-0.15, -0.1) is 0 Å². The average molecular weight is 301 g/mol. The minimum Gasteiger partial charge on any atom is -0.396 e. The minimum absolute atomic E-state index is 0.161. The molecule has 8 heteroatoms. The van der Waals surface area contributed by atoms with Crippen molar-refractivity contribution < 1.29 is 13.8 Å². The molecule has 0 atom stereocenters. The molecule has 2 aromatic heterocycles. The quantitative estimate of drug-likeness (QED) is 0.753. The third-order valence-corrected chi connectivity index (χ3v) is 3.44. The summed E-state index contributed by atoms with van der Waals surface area (Å²) >= 11 is 0. The van der Waals surface area contributed by atoms with Crippen LogP contribution in [0, 0.1) is 12.7 Å². The van der Waals surface area contributed by atoms with Gasteiger partial charge < -0.3 is 11.5 Å². The number of pyridine rings is 1. The summed E-state index contributed by atoms with van der Waals surface area (Å²) in [4.78, 5) is 15.5. The first-order valence-electron chi connectivity index (χ1n) is 6.43. The van der Waals surface area contributed by atoms with Crippen LogP contribution in [-0.2, 0) is 6.42 Å². The number of hydrogen-bond acceptors (Lipinski definition) is 6. The van der Waals surface area contributed by atoms with Crippen molar-refractivity contribution in [2.75, 3.05) is 5.73 Å². The van der Waals surface area contributed by atoms with Crippen LogP contribution in [0.2, 0.25) is 0 Å². The van der Waals surface area contributed by atoms with Gasteiger partial charge in [-0.25, -0.2) is 14.0 Å². The second-order valence-electron chi connectivity index (χ2n) is 4.88. The van der Waals surface area contributed by atoms with E-state index in [1.54, 1.807) is 13.0 Å². The topological polar surface area (TPSA) is 121 Å². The standard InChI is InChI=1S/C14H12FN5O2/c1-6-8(11(16)12-14(18-6)20-22-19-12)4-7-2-3-10(15)9(5-7)13(17)21/h2-3,5H,4,16H2,1H3,(H2,17,21). The summed E-state index contributed by atoms with van der Waals surface area (Å²) in [7, 11) is 0. The highest BCUT2D eigenvalue weighted by molar-refractivity contribution is 5.93. The second kappa shape index (κ2) is 5.06. The van der Waals surface area contributed by atoms with E-state index >= 15 is 0 Å². The van der Waals surface area contributed by atoms with Gasteiger partial charge in [-0.05, 0) is 34.9 Å². The summed E-state index contributed by atoms with van der Waals surface area (Å²) in [6.45, 7) is 1.78. The number of hydrogen-bond donors (Lipinski definition) is 2. The summed E-state index contributed by atoms with van der Waals surface area (Å²) in [5.74, 6) is -1.48. The van der Waals surface area contributed by atoms with E-state index in [4.69, 9.17) is 11.5 Å². The van der Waals surface area contributed by atoms with Crippen LogP contribution in [0.4, 0.5) is 10.1 Å². The number of anilines is 1. The highest BCUT2D eigenvalue weighted by atomic mass is 19.1. The molecule has 4 N–H and O–H groups in total. The Kier molecular flexibility index (Phi) is 3.21. The van der Waals surface area contributed by atoms with E-state index in [-0.39, 0.29) is 5.56 Å². The van der Waals surface area contributed by atoms with Crippen molar-refractivity contribution in [3.05, 3.63) is 46.4 Å². The number of carbonyl (C=O) groups excluding carboxylic acids is 1. The van der Waals surface area contributed by atoms with E-state index in [9.17, 15) is 9.18 Å². The summed E-state index contributed by atoms with van der Waals surface area (Å²) in [6, 6.07) is 4.16. The summed E-state index contributed by atoms with van der Waals surface area (Å²) in [5, 5.41) is 7.36. The molecule has 0 fully saturated rings. The molecule has 0 aliphatic heterocycles. The molecule has 0 aliphatic rings. The number of halogens is 1. The first kappa shape index (κ1) is 13.9. The number of nitrogens with zero attached hydrogens (tertiary/aromatic N) is 3. The van der Waals surface area contributed by atoms with E-state index in [1.165, 1.54) is 12.1 Å². The zero-order valence-electron chi connectivity index (χ0n) is 11.6. The number of amides is 1. The van der Waals surface area contributed by atoms with E-state index < -0.39 is 11.7 Å². The minimum atomic E-state index is -0.821. The number of benzene rings is 1. The van der Waals surface area contributed by atoms with Crippen LogP contribution in [0.3, 0.4) is 0 Å². The Bertz CT molecular complexity index is 890. The maximum Gasteiger partial charge on any atom is 0.251 e. The van der Waals surface area contributed by atoms with E-state index in [0.29, 0.717) is 40.1 Å². The van der Waals surface area contributed by atoms with E-state index in [1.807, 2.05) is 0 Å². The van der Waals surface area contributed by atoms with Crippen molar-refractivity contribution in [1.29, 1.82) is 0 Å². The van der Waals surface area contributed by atoms with E-state index in [0.717, 1.165) is 0 Å². The Morgan fingerprint density at radius 3 is 2.86 bits per heavy atom. The normalized spacial score (nSPS) is 11.0. The molecule has 112 valence electrons. The number of rotatable bonds is 3. The van der Waals surface area contributed by atoms with Crippen LogP contribution in [0.15, 0.2) is 22.8 Å². The van der Waals surface area contributed by atoms with Crippen molar-refractivity contribution in [3.8, 4) is 0 Å². The third kappa shape index (κ3) is 2.24. The number of carbonyl (C=O) groups is 1. The van der Waals surface area contributed by atoms with Crippen molar-refractivity contribution in [2.45, 2.75) is 13.3 Å². The Labute approximate surface area is 124 Å². The SMILES string of the molecule is Cc1nc2nonc2c(N)c1Cc1ccc(F)c(C(N)=O)c1. The second-order valence-corrected chi connectivity index (χ2v) is 4.88. The lowest BCUT2D eigenvalue weighted by Crippen LogP contribution is -2.13. The van der Waals surface area contributed by atoms with Gasteiger partial charge in [0.2, 0.25) is 5.65 Å². The van der Waals surface area contributed by atoms with Gasteiger partial charge in [-0.2, -0.15) is 0 Å². The average Bonchev–Trinajstić information content (AvgIpc) is 2.93. The fraction of sp³-hybridized carbons (Fsp3) is 0.143. The van der Waals surface area contributed by atoms with Crippen molar-refractivity contribution >= 4 is 22.8 Å². The molecule has 2 heterocycles. The number of aryl methyl sites for hydroxylation is 1. The van der Waals surface area contributed by atoms with Gasteiger partial charge in [0, 0.05) is 17.7 Å². The number of nitrogens with two attached hydrogens (primary N) is 2. The zero-order chi connectivity index (χ0) is 15.9. The Balaban J connectivity index is 2.06. The molecule has 22 heavy (non-hydrogen) atoms. The lowest BCUT2D eigenvalue weighted by molar-refractivity contribution is 0.0996. The third-order valence-electron chi connectivity index (χ3n) is 3.44. The van der Waals surface area contributed by atoms with Gasteiger partial charge >= 0.3 is 0 Å². The Morgan fingerprint density at radius 1 is 1.36 bits per heavy atom. The molecule has 0 bridgehead atoms. The first-order chi connectivity index (χ1) is 10.5. The van der Waals surface area contributed by atoms with E-state index in [2.05, 4.69) is 19.9 Å². The zero-order valence-corrected chi connectivity index (χ0v) is 11.6. The van der Waals surface area contributed by atoms with Gasteiger partial charge in [-0.1, -0.05) is 6.07 Å². The van der Waals surface area contributed by atoms with Crippen LogP contribution in [0.1, 0.15) is 27.2 Å². The van der Waals surface area contributed by atoms with Crippen LogP contribution in [-0.4, -0.2) is 21.2 Å².